The zero-order chi connectivity index (χ0) is 43.5. The highest BCUT2D eigenvalue weighted by Crippen LogP contribution is 2.51. The molecule has 1 amide bonds. The van der Waals surface area contributed by atoms with Crippen molar-refractivity contribution in [3.05, 3.63) is 100 Å². The smallest absolute Gasteiger partial charge is 0.294 e. The van der Waals surface area contributed by atoms with Crippen LogP contribution in [0, 0.1) is 0 Å². The summed E-state index contributed by atoms with van der Waals surface area (Å²) in [5.41, 5.74) is 12.3. The van der Waals surface area contributed by atoms with Crippen LogP contribution in [0.5, 0.6) is 0 Å². The van der Waals surface area contributed by atoms with E-state index in [2.05, 4.69) is 38.7 Å². The molecule has 322 valence electrons. The molecule has 0 aliphatic carbocycles. The Morgan fingerprint density at radius 3 is 2.27 bits per heavy atom. The lowest BCUT2D eigenvalue weighted by molar-refractivity contribution is -0.437. The molecule has 4 rings (SSSR count). The second-order valence-electron chi connectivity index (χ2n) is 15.5. The number of anilines is 1. The van der Waals surface area contributed by atoms with E-state index in [1.807, 2.05) is 61.6 Å². The third-order valence-corrected chi connectivity index (χ3v) is 13.2. The minimum absolute atomic E-state index is 0.101. The zero-order valence-electron chi connectivity index (χ0n) is 33.7. The summed E-state index contributed by atoms with van der Waals surface area (Å²) in [5.74, 6) is -0.899. The molecule has 4 N–H and O–H groups in total. The first-order chi connectivity index (χ1) is 27.7. The van der Waals surface area contributed by atoms with Crippen molar-refractivity contribution in [1.82, 2.24) is 5.32 Å². The van der Waals surface area contributed by atoms with Crippen LogP contribution in [0.4, 0.5) is 11.4 Å². The Labute approximate surface area is 347 Å². The van der Waals surface area contributed by atoms with Crippen molar-refractivity contribution in [3.8, 4) is 0 Å². The number of carbonyl (C=O) groups is 1. The molecular formula is C40H55N6O10S3+. The molecule has 59 heavy (non-hydrogen) atoms. The molecule has 0 fully saturated rings. The summed E-state index contributed by atoms with van der Waals surface area (Å²) in [6, 6.07) is 12.3. The maximum Gasteiger partial charge on any atom is 0.294 e. The number of nitrogens with one attached hydrogen (secondary N) is 1. The number of para-hydroxylation sites is 1. The number of nitrogens with zero attached hydrogens (tertiary/aromatic N) is 5. The Hall–Kier alpha value is -4.36. The van der Waals surface area contributed by atoms with E-state index >= 15 is 0 Å². The number of unbranched alkanes of at least 4 members (excludes halogenated alkanes) is 3. The lowest BCUT2D eigenvalue weighted by Gasteiger charge is -2.30. The summed E-state index contributed by atoms with van der Waals surface area (Å²) < 4.78 is 101. The molecule has 2 aliphatic rings. The van der Waals surface area contributed by atoms with Gasteiger partial charge in [-0.25, -0.2) is 0 Å². The maximum absolute atomic E-state index is 12.3. The standard InChI is InChI=1S/C40H54N6O10S3/c1-39(2)32-16-9-10-17-34(32)45(27-15-29-58(51,52)53)36(39)18-6-4-7-19-37-40(3,23-11-13-28-57(48,49)50)33-30-31(59(54,55)56)21-22-35(33)46(37)26-12-5-8-20-38(47)42-24-14-25-43-44-41/h4,6-7,9-10,16-19,21-22,30H,5,8,11-15,20,23-29H2,1-3H3,(H3-,42,47,48,49,50,51,52,53,54,55,56)/p+1. The lowest BCUT2D eigenvalue weighted by atomic mass is 9.77. The van der Waals surface area contributed by atoms with Crippen LogP contribution >= 0.6 is 0 Å². The van der Waals surface area contributed by atoms with Gasteiger partial charge in [-0.2, -0.15) is 29.8 Å². The van der Waals surface area contributed by atoms with Crippen molar-refractivity contribution in [3.63, 3.8) is 0 Å². The summed E-state index contributed by atoms with van der Waals surface area (Å²) in [5, 5.41) is 6.28. The van der Waals surface area contributed by atoms with E-state index < -0.39 is 46.9 Å². The van der Waals surface area contributed by atoms with Gasteiger partial charge in [-0.1, -0.05) is 54.4 Å². The van der Waals surface area contributed by atoms with Crippen molar-refractivity contribution in [2.45, 2.75) is 94.3 Å². The van der Waals surface area contributed by atoms with Gasteiger partial charge in [0.1, 0.15) is 6.54 Å². The quantitative estimate of drug-likeness (QED) is 0.0172. The van der Waals surface area contributed by atoms with Crippen LogP contribution < -0.4 is 10.2 Å². The topological polar surface area (TPSA) is 247 Å². The predicted molar refractivity (Wildman–Crippen MR) is 228 cm³/mol. The fourth-order valence-electron chi connectivity index (χ4n) is 7.85. The Bertz CT molecular complexity index is 2370. The number of rotatable bonds is 23. The van der Waals surface area contributed by atoms with Crippen LogP contribution in [-0.2, 0) is 46.0 Å². The number of amides is 1. The van der Waals surface area contributed by atoms with Crippen LogP contribution in [0.1, 0.15) is 89.7 Å². The largest absolute Gasteiger partial charge is 0.356 e. The maximum atomic E-state index is 12.3. The average Bonchev–Trinajstić information content (AvgIpc) is 3.51. The highest BCUT2D eigenvalue weighted by Gasteiger charge is 2.45. The van der Waals surface area contributed by atoms with Crippen molar-refractivity contribution >= 4 is 53.3 Å². The van der Waals surface area contributed by atoms with E-state index in [0.29, 0.717) is 76.7 Å². The predicted octanol–water partition coefficient (Wildman–Crippen LogP) is 6.80. The molecule has 0 aromatic heterocycles. The summed E-state index contributed by atoms with van der Waals surface area (Å²) >= 11 is 0. The van der Waals surface area contributed by atoms with Gasteiger partial charge in [0.2, 0.25) is 11.6 Å². The minimum Gasteiger partial charge on any atom is -0.356 e. The molecule has 16 nitrogen and oxygen atoms in total. The van der Waals surface area contributed by atoms with E-state index in [4.69, 9.17) is 5.53 Å². The van der Waals surface area contributed by atoms with Gasteiger partial charge >= 0.3 is 0 Å². The number of azide groups is 1. The molecule has 1 unspecified atom stereocenters. The fraction of sp³-hybridized carbons (Fsp3) is 0.500. The monoisotopic (exact) mass is 875 g/mol. The van der Waals surface area contributed by atoms with E-state index in [-0.39, 0.29) is 29.4 Å². The summed E-state index contributed by atoms with van der Waals surface area (Å²) in [4.78, 5) is 16.8. The first kappa shape index (κ1) is 47.3. The third-order valence-electron chi connectivity index (χ3n) is 10.8. The van der Waals surface area contributed by atoms with Crippen molar-refractivity contribution in [2.75, 3.05) is 42.6 Å². The number of carbonyl (C=O) groups excluding carboxylic acids is 1. The van der Waals surface area contributed by atoms with Gasteiger partial charge in [-0.15, -0.1) is 0 Å². The number of benzene rings is 2. The molecule has 0 spiro atoms. The Balaban J connectivity index is 1.65. The van der Waals surface area contributed by atoms with E-state index in [0.717, 1.165) is 28.3 Å². The van der Waals surface area contributed by atoms with E-state index in [1.165, 1.54) is 12.1 Å². The van der Waals surface area contributed by atoms with E-state index in [1.54, 1.807) is 6.07 Å². The fourth-order valence-corrected chi connectivity index (χ4v) is 9.42. The molecule has 2 heterocycles. The lowest BCUT2D eigenvalue weighted by Crippen LogP contribution is -2.29. The molecule has 0 saturated heterocycles. The normalized spacial score (nSPS) is 18.5. The van der Waals surface area contributed by atoms with Gasteiger partial charge < -0.3 is 10.2 Å². The SMILES string of the molecule is CC1(C)C(/C=C/C=C/C=C2/N(CCCCCC(=O)NCCCN=[N+]=[N-])c3ccc(S(=O)(=O)O)cc3C2(C)CCCCS(=O)(=O)O)=[N+](CCCS(=O)(=O)O)c2ccccc21. The van der Waals surface area contributed by atoms with Crippen LogP contribution in [0.25, 0.3) is 10.4 Å². The van der Waals surface area contributed by atoms with Crippen LogP contribution in [-0.4, -0.2) is 92.8 Å². The summed E-state index contributed by atoms with van der Waals surface area (Å²) in [6.45, 7) is 7.69. The van der Waals surface area contributed by atoms with Crippen LogP contribution in [0.3, 0.4) is 0 Å². The van der Waals surface area contributed by atoms with Gasteiger partial charge in [0, 0.05) is 71.9 Å². The van der Waals surface area contributed by atoms with Crippen molar-refractivity contribution in [1.29, 1.82) is 0 Å². The molecule has 2 aliphatic heterocycles. The Morgan fingerprint density at radius 1 is 0.864 bits per heavy atom. The van der Waals surface area contributed by atoms with E-state index in [9.17, 15) is 43.7 Å². The Morgan fingerprint density at radius 2 is 1.58 bits per heavy atom. The second kappa shape index (κ2) is 20.3. The Kier molecular flexibility index (Phi) is 16.3. The van der Waals surface area contributed by atoms with Gasteiger partial charge in [0.15, 0.2) is 5.71 Å². The number of hydrogen-bond donors (Lipinski definition) is 4. The molecule has 0 saturated carbocycles. The first-order valence-corrected chi connectivity index (χ1v) is 24.2. The van der Waals surface area contributed by atoms with Crippen molar-refractivity contribution in [2.24, 2.45) is 5.11 Å². The van der Waals surface area contributed by atoms with Crippen molar-refractivity contribution < 1.29 is 48.3 Å². The summed E-state index contributed by atoms with van der Waals surface area (Å²) in [7, 11) is -12.9. The molecule has 2 aromatic rings. The summed E-state index contributed by atoms with van der Waals surface area (Å²) in [6.07, 6.45) is 13.5. The third kappa shape index (κ3) is 13.1. The minimum atomic E-state index is -4.56. The number of fused-ring (bicyclic) bond motifs is 2. The highest BCUT2D eigenvalue weighted by molar-refractivity contribution is 7.86. The average molecular weight is 876 g/mol. The molecule has 2 aromatic carbocycles. The molecule has 0 bridgehead atoms. The molecule has 0 radical (unpaired) electrons. The van der Waals surface area contributed by atoms with Gasteiger partial charge in [-0.3, -0.25) is 18.5 Å². The van der Waals surface area contributed by atoms with Gasteiger partial charge in [0.25, 0.3) is 30.4 Å². The van der Waals surface area contributed by atoms with Gasteiger partial charge in [-0.05, 0) is 88.2 Å². The first-order valence-electron chi connectivity index (χ1n) is 19.6. The molecule has 1 atom stereocenters. The second-order valence-corrected chi connectivity index (χ2v) is 20.0. The van der Waals surface area contributed by atoms with Gasteiger partial charge in [0.05, 0.1) is 21.8 Å². The van der Waals surface area contributed by atoms with Crippen LogP contribution in [0.15, 0.2) is 88.6 Å². The highest BCUT2D eigenvalue weighted by atomic mass is 32.2. The van der Waals surface area contributed by atoms with Crippen LogP contribution in [0.2, 0.25) is 0 Å². The number of allylic oxidation sites excluding steroid dienone is 6. The number of hydrogen-bond acceptors (Lipinski definition) is 9. The zero-order valence-corrected chi connectivity index (χ0v) is 36.1. The molecular weight excluding hydrogens is 821 g/mol. The molecule has 19 heteroatoms.